The van der Waals surface area contributed by atoms with Crippen molar-refractivity contribution in [3.8, 4) is 5.75 Å². The highest BCUT2D eigenvalue weighted by Gasteiger charge is 2.22. The molecule has 1 fully saturated rings. The van der Waals surface area contributed by atoms with Gasteiger partial charge in [-0.05, 0) is 17.0 Å². The quantitative estimate of drug-likeness (QED) is 0.762. The van der Waals surface area contributed by atoms with Crippen LogP contribution in [0, 0.1) is 0 Å². The highest BCUT2D eigenvalue weighted by Crippen LogP contribution is 2.32. The number of rotatable bonds is 2. The highest BCUT2D eigenvalue weighted by atomic mass is 16.5. The van der Waals surface area contributed by atoms with Crippen molar-refractivity contribution in [2.75, 3.05) is 13.2 Å². The summed E-state index contributed by atoms with van der Waals surface area (Å²) in [6, 6.07) is 8.29. The van der Waals surface area contributed by atoms with Gasteiger partial charge in [0.05, 0.1) is 13.2 Å². The Morgan fingerprint density at radius 1 is 1.25 bits per heavy atom. The molecule has 1 aromatic carbocycles. The second-order valence-electron chi connectivity index (χ2n) is 5.35. The van der Waals surface area contributed by atoms with Gasteiger partial charge < -0.3 is 9.47 Å². The maximum atomic E-state index is 6.01. The van der Waals surface area contributed by atoms with Gasteiger partial charge in [0.15, 0.2) is 0 Å². The molecular formula is C14H20O2. The van der Waals surface area contributed by atoms with Gasteiger partial charge in [0, 0.05) is 6.42 Å². The Kier molecular flexibility index (Phi) is 3.20. The molecule has 0 aliphatic carbocycles. The van der Waals surface area contributed by atoms with Crippen molar-refractivity contribution in [2.24, 2.45) is 0 Å². The first-order chi connectivity index (χ1) is 7.57. The third-order valence-electron chi connectivity index (χ3n) is 2.88. The Morgan fingerprint density at radius 2 is 2.00 bits per heavy atom. The van der Waals surface area contributed by atoms with E-state index in [1.165, 1.54) is 5.56 Å². The van der Waals surface area contributed by atoms with Gasteiger partial charge in [0.1, 0.15) is 11.9 Å². The van der Waals surface area contributed by atoms with Crippen molar-refractivity contribution >= 4 is 0 Å². The van der Waals surface area contributed by atoms with Gasteiger partial charge in [-0.3, -0.25) is 0 Å². The number of para-hydroxylation sites is 1. The number of hydrogen-bond acceptors (Lipinski definition) is 2. The molecule has 88 valence electrons. The summed E-state index contributed by atoms with van der Waals surface area (Å²) in [6.45, 7) is 8.17. The summed E-state index contributed by atoms with van der Waals surface area (Å²) in [5.74, 6) is 1.01. The van der Waals surface area contributed by atoms with E-state index >= 15 is 0 Å². The Hall–Kier alpha value is -1.02. The van der Waals surface area contributed by atoms with E-state index in [0.717, 1.165) is 25.4 Å². The van der Waals surface area contributed by atoms with Crippen LogP contribution < -0.4 is 4.74 Å². The molecule has 2 rings (SSSR count). The van der Waals surface area contributed by atoms with Crippen LogP contribution in [0.2, 0.25) is 0 Å². The van der Waals surface area contributed by atoms with Crippen LogP contribution in [0.15, 0.2) is 24.3 Å². The molecule has 0 radical (unpaired) electrons. The molecule has 2 heteroatoms. The van der Waals surface area contributed by atoms with E-state index in [1.807, 2.05) is 6.07 Å². The molecule has 1 atom stereocenters. The molecule has 1 saturated heterocycles. The second kappa shape index (κ2) is 4.46. The van der Waals surface area contributed by atoms with E-state index < -0.39 is 0 Å². The van der Waals surface area contributed by atoms with Crippen molar-refractivity contribution in [1.82, 2.24) is 0 Å². The normalized spacial score (nSPS) is 21.1. The zero-order valence-corrected chi connectivity index (χ0v) is 10.3. The minimum atomic E-state index is 0.121. The molecule has 1 aromatic rings. The summed E-state index contributed by atoms with van der Waals surface area (Å²) < 4.78 is 11.3. The molecule has 1 aliphatic rings. The summed E-state index contributed by atoms with van der Waals surface area (Å²) in [5, 5.41) is 0. The lowest BCUT2D eigenvalue weighted by molar-refractivity contribution is 0.140. The van der Waals surface area contributed by atoms with Gasteiger partial charge in [-0.15, -0.1) is 0 Å². The van der Waals surface area contributed by atoms with Crippen molar-refractivity contribution < 1.29 is 9.47 Å². The molecule has 0 aromatic heterocycles. The molecule has 0 bridgehead atoms. The average Bonchev–Trinajstić information content (AvgIpc) is 2.70. The fourth-order valence-corrected chi connectivity index (χ4v) is 1.97. The molecule has 1 unspecified atom stereocenters. The van der Waals surface area contributed by atoms with Gasteiger partial charge >= 0.3 is 0 Å². The van der Waals surface area contributed by atoms with Gasteiger partial charge in [-0.1, -0.05) is 39.0 Å². The Labute approximate surface area is 97.6 Å². The number of ether oxygens (including phenoxy) is 2. The van der Waals surface area contributed by atoms with Crippen LogP contribution in [-0.2, 0) is 10.2 Å². The first-order valence-electron chi connectivity index (χ1n) is 5.91. The third kappa shape index (κ3) is 2.56. The molecule has 0 spiro atoms. The molecular weight excluding hydrogens is 200 g/mol. The van der Waals surface area contributed by atoms with Crippen molar-refractivity contribution in [3.05, 3.63) is 29.8 Å². The molecule has 2 nitrogen and oxygen atoms in total. The van der Waals surface area contributed by atoms with Crippen LogP contribution in [0.3, 0.4) is 0 Å². The zero-order valence-electron chi connectivity index (χ0n) is 10.3. The molecule has 0 saturated carbocycles. The fourth-order valence-electron chi connectivity index (χ4n) is 1.97. The maximum absolute atomic E-state index is 6.01. The minimum Gasteiger partial charge on any atom is -0.488 e. The summed E-state index contributed by atoms with van der Waals surface area (Å²) in [4.78, 5) is 0. The lowest BCUT2D eigenvalue weighted by Gasteiger charge is -2.24. The van der Waals surface area contributed by atoms with Crippen LogP contribution in [-0.4, -0.2) is 19.3 Å². The van der Waals surface area contributed by atoms with Crippen LogP contribution in [0.5, 0.6) is 5.75 Å². The van der Waals surface area contributed by atoms with Crippen molar-refractivity contribution in [1.29, 1.82) is 0 Å². The third-order valence-corrected chi connectivity index (χ3v) is 2.88. The lowest BCUT2D eigenvalue weighted by Crippen LogP contribution is -2.20. The highest BCUT2D eigenvalue weighted by molar-refractivity contribution is 5.38. The summed E-state index contributed by atoms with van der Waals surface area (Å²) in [5.41, 5.74) is 1.39. The van der Waals surface area contributed by atoms with E-state index in [2.05, 4.69) is 39.0 Å². The van der Waals surface area contributed by atoms with Crippen molar-refractivity contribution in [2.45, 2.75) is 38.7 Å². The monoisotopic (exact) mass is 220 g/mol. The van der Waals surface area contributed by atoms with Crippen molar-refractivity contribution in [3.63, 3.8) is 0 Å². The van der Waals surface area contributed by atoms with Crippen LogP contribution in [0.4, 0.5) is 0 Å². The van der Waals surface area contributed by atoms with Gasteiger partial charge in [-0.25, -0.2) is 0 Å². The summed E-state index contributed by atoms with van der Waals surface area (Å²) in [7, 11) is 0. The van der Waals surface area contributed by atoms with E-state index in [-0.39, 0.29) is 11.5 Å². The van der Waals surface area contributed by atoms with E-state index in [1.54, 1.807) is 0 Å². The first kappa shape index (κ1) is 11.5. The second-order valence-corrected chi connectivity index (χ2v) is 5.35. The fraction of sp³-hybridized carbons (Fsp3) is 0.571. The van der Waals surface area contributed by atoms with Crippen LogP contribution in [0.25, 0.3) is 0 Å². The maximum Gasteiger partial charge on any atom is 0.124 e. The Bertz CT molecular complexity index is 346. The zero-order chi connectivity index (χ0) is 11.6. The smallest absolute Gasteiger partial charge is 0.124 e. The average molecular weight is 220 g/mol. The predicted octanol–water partition coefficient (Wildman–Crippen LogP) is 3.15. The standard InChI is InChI=1S/C14H20O2/c1-14(2,3)12-6-4-5-7-13(12)16-11-8-9-15-10-11/h4-7,11H,8-10H2,1-3H3. The SMILES string of the molecule is CC(C)(C)c1ccccc1OC1CCOC1. The molecule has 0 amide bonds. The largest absolute Gasteiger partial charge is 0.488 e. The predicted molar refractivity (Wildman–Crippen MR) is 65.0 cm³/mol. The van der Waals surface area contributed by atoms with Gasteiger partial charge in [0.25, 0.3) is 0 Å². The van der Waals surface area contributed by atoms with Gasteiger partial charge in [0.2, 0.25) is 0 Å². The first-order valence-corrected chi connectivity index (χ1v) is 5.91. The minimum absolute atomic E-state index is 0.121. The van der Waals surface area contributed by atoms with Gasteiger partial charge in [-0.2, -0.15) is 0 Å². The molecule has 0 N–H and O–H groups in total. The van der Waals surface area contributed by atoms with Crippen LogP contribution >= 0.6 is 0 Å². The Morgan fingerprint density at radius 3 is 2.62 bits per heavy atom. The van der Waals surface area contributed by atoms with E-state index in [0.29, 0.717) is 0 Å². The summed E-state index contributed by atoms with van der Waals surface area (Å²) in [6.07, 6.45) is 1.22. The molecule has 1 heterocycles. The molecule has 1 aliphatic heterocycles. The summed E-state index contributed by atoms with van der Waals surface area (Å²) >= 11 is 0. The number of hydrogen-bond donors (Lipinski definition) is 0. The molecule has 16 heavy (non-hydrogen) atoms. The van der Waals surface area contributed by atoms with E-state index in [4.69, 9.17) is 9.47 Å². The van der Waals surface area contributed by atoms with Crippen LogP contribution in [0.1, 0.15) is 32.8 Å². The Balaban J connectivity index is 2.19. The van der Waals surface area contributed by atoms with E-state index in [9.17, 15) is 0 Å². The number of benzene rings is 1. The topological polar surface area (TPSA) is 18.5 Å². The lowest BCUT2D eigenvalue weighted by atomic mass is 9.86.